The summed E-state index contributed by atoms with van der Waals surface area (Å²) in [5.74, 6) is -0.161. The third kappa shape index (κ3) is 2.40. The Morgan fingerprint density at radius 2 is 1.71 bits per heavy atom. The van der Waals surface area contributed by atoms with E-state index < -0.39 is 5.63 Å². The predicted molar refractivity (Wildman–Crippen MR) is 79.0 cm³/mol. The van der Waals surface area contributed by atoms with E-state index in [1.807, 2.05) is 19.1 Å². The van der Waals surface area contributed by atoms with E-state index in [2.05, 4.69) is 0 Å². The van der Waals surface area contributed by atoms with Gasteiger partial charge in [-0.2, -0.15) is 0 Å². The van der Waals surface area contributed by atoms with E-state index in [1.54, 1.807) is 24.3 Å². The molecule has 0 spiro atoms. The Balaban J connectivity index is 2.37. The van der Waals surface area contributed by atoms with Crippen LogP contribution in [-0.2, 0) is 0 Å². The number of hydrogen-bond donors (Lipinski definition) is 0. The molecule has 0 unspecified atom stereocenters. The molecule has 0 N–H and O–H groups in total. The van der Waals surface area contributed by atoms with Gasteiger partial charge in [0.05, 0.1) is 17.6 Å². The number of ether oxygens (including phenoxy) is 1. The van der Waals surface area contributed by atoms with Crippen LogP contribution in [0.4, 0.5) is 4.39 Å². The van der Waals surface area contributed by atoms with Crippen molar-refractivity contribution in [2.24, 2.45) is 0 Å². The molecule has 1 aromatic heterocycles. The first-order valence-corrected chi connectivity index (χ1v) is 6.65. The smallest absolute Gasteiger partial charge is 0.346 e. The fraction of sp³-hybridized carbons (Fsp3) is 0.118. The Morgan fingerprint density at radius 1 is 1.05 bits per heavy atom. The minimum absolute atomic E-state index is 0.160. The molecule has 0 aliphatic rings. The van der Waals surface area contributed by atoms with Crippen molar-refractivity contribution >= 4 is 10.8 Å². The monoisotopic (exact) mass is 284 g/mol. The first-order chi connectivity index (χ1) is 10.2. The fourth-order valence-corrected chi connectivity index (χ4v) is 2.30. The minimum atomic E-state index is -0.445. The summed E-state index contributed by atoms with van der Waals surface area (Å²) in [6.45, 7) is 2.18. The Kier molecular flexibility index (Phi) is 3.44. The summed E-state index contributed by atoms with van der Waals surface area (Å²) in [4.78, 5) is 12.0. The first-order valence-electron chi connectivity index (χ1n) is 6.65. The molecule has 0 atom stereocenters. The number of halogens is 1. The van der Waals surface area contributed by atoms with Gasteiger partial charge in [0.25, 0.3) is 5.95 Å². The van der Waals surface area contributed by atoms with Crippen LogP contribution in [0.2, 0.25) is 0 Å². The van der Waals surface area contributed by atoms with Crippen LogP contribution in [-0.4, -0.2) is 6.61 Å². The van der Waals surface area contributed by atoms with Crippen LogP contribution in [0, 0.1) is 5.82 Å². The third-order valence-electron chi connectivity index (χ3n) is 3.21. The molecule has 1 heterocycles. The van der Waals surface area contributed by atoms with Crippen molar-refractivity contribution in [2.75, 3.05) is 6.61 Å². The van der Waals surface area contributed by atoms with Crippen LogP contribution < -0.4 is 10.4 Å². The molecule has 4 heteroatoms. The molecular weight excluding hydrogens is 271 g/mol. The largest absolute Gasteiger partial charge is 0.465 e. The summed E-state index contributed by atoms with van der Waals surface area (Å²) in [7, 11) is 0. The zero-order valence-electron chi connectivity index (χ0n) is 11.4. The van der Waals surface area contributed by atoms with E-state index >= 15 is 0 Å². The van der Waals surface area contributed by atoms with Gasteiger partial charge < -0.3 is 9.15 Å². The molecule has 106 valence electrons. The van der Waals surface area contributed by atoms with Gasteiger partial charge in [0, 0.05) is 5.39 Å². The summed E-state index contributed by atoms with van der Waals surface area (Å²) >= 11 is 0. The van der Waals surface area contributed by atoms with E-state index in [-0.39, 0.29) is 11.8 Å². The standard InChI is InChI=1S/C17H13FO3/c1-2-20-17-15(11-7-9-12(18)10-8-11)13-5-3-4-6-14(13)16(19)21-17/h3-10H,2H2,1H3. The maximum absolute atomic E-state index is 13.1. The van der Waals surface area contributed by atoms with E-state index in [4.69, 9.17) is 9.15 Å². The van der Waals surface area contributed by atoms with Gasteiger partial charge in [-0.15, -0.1) is 0 Å². The summed E-state index contributed by atoms with van der Waals surface area (Å²) in [6, 6.07) is 13.1. The quantitative estimate of drug-likeness (QED) is 0.729. The summed E-state index contributed by atoms with van der Waals surface area (Å²) < 4.78 is 23.8. The Bertz CT molecular complexity index is 835. The first kappa shape index (κ1) is 13.4. The lowest BCUT2D eigenvalue weighted by atomic mass is 10.0. The highest BCUT2D eigenvalue weighted by Gasteiger charge is 2.16. The summed E-state index contributed by atoms with van der Waals surface area (Å²) in [5.41, 5.74) is 0.951. The van der Waals surface area contributed by atoms with E-state index in [1.165, 1.54) is 12.1 Å². The second-order valence-electron chi connectivity index (χ2n) is 4.54. The van der Waals surface area contributed by atoms with Crippen molar-refractivity contribution in [3.8, 4) is 17.1 Å². The maximum atomic E-state index is 13.1. The van der Waals surface area contributed by atoms with Gasteiger partial charge in [-0.05, 0) is 30.7 Å². The topological polar surface area (TPSA) is 39.4 Å². The predicted octanol–water partition coefficient (Wildman–Crippen LogP) is 4.00. The average molecular weight is 284 g/mol. The number of fused-ring (bicyclic) bond motifs is 1. The Labute approximate surface area is 120 Å². The van der Waals surface area contributed by atoms with Crippen molar-refractivity contribution in [3.63, 3.8) is 0 Å². The fourth-order valence-electron chi connectivity index (χ4n) is 2.30. The van der Waals surface area contributed by atoms with Crippen LogP contribution in [0.25, 0.3) is 21.9 Å². The molecule has 2 aromatic carbocycles. The van der Waals surface area contributed by atoms with Crippen LogP contribution in [0.15, 0.2) is 57.7 Å². The normalized spacial score (nSPS) is 10.8. The van der Waals surface area contributed by atoms with Gasteiger partial charge in [-0.3, -0.25) is 0 Å². The molecule has 0 aliphatic heterocycles. The minimum Gasteiger partial charge on any atom is -0.465 e. The highest BCUT2D eigenvalue weighted by molar-refractivity contribution is 5.97. The Hall–Kier alpha value is -2.62. The second kappa shape index (κ2) is 5.40. The van der Waals surface area contributed by atoms with Crippen LogP contribution in [0.3, 0.4) is 0 Å². The van der Waals surface area contributed by atoms with Crippen molar-refractivity contribution in [1.82, 2.24) is 0 Å². The van der Waals surface area contributed by atoms with Crippen LogP contribution in [0.5, 0.6) is 5.95 Å². The van der Waals surface area contributed by atoms with Crippen molar-refractivity contribution < 1.29 is 13.5 Å². The van der Waals surface area contributed by atoms with E-state index in [0.717, 1.165) is 10.9 Å². The molecule has 0 radical (unpaired) electrons. The van der Waals surface area contributed by atoms with Gasteiger partial charge in [-0.1, -0.05) is 30.3 Å². The van der Waals surface area contributed by atoms with Crippen LogP contribution in [0.1, 0.15) is 6.92 Å². The van der Waals surface area contributed by atoms with E-state index in [9.17, 15) is 9.18 Å². The molecule has 3 nitrogen and oxygen atoms in total. The molecule has 3 aromatic rings. The molecule has 0 fully saturated rings. The SMILES string of the molecule is CCOc1oc(=O)c2ccccc2c1-c1ccc(F)cc1. The lowest BCUT2D eigenvalue weighted by molar-refractivity contribution is 0.247. The van der Waals surface area contributed by atoms with Crippen molar-refractivity contribution in [2.45, 2.75) is 6.92 Å². The zero-order chi connectivity index (χ0) is 14.8. The lowest BCUT2D eigenvalue weighted by Gasteiger charge is -2.11. The van der Waals surface area contributed by atoms with Gasteiger partial charge in [0.15, 0.2) is 0 Å². The molecule has 0 aliphatic carbocycles. The molecule has 0 amide bonds. The van der Waals surface area contributed by atoms with Gasteiger partial charge in [0.1, 0.15) is 5.82 Å². The summed E-state index contributed by atoms with van der Waals surface area (Å²) in [5, 5.41) is 1.20. The molecule has 0 bridgehead atoms. The third-order valence-corrected chi connectivity index (χ3v) is 3.21. The van der Waals surface area contributed by atoms with Crippen molar-refractivity contribution in [1.29, 1.82) is 0 Å². The highest BCUT2D eigenvalue weighted by atomic mass is 19.1. The van der Waals surface area contributed by atoms with E-state index in [0.29, 0.717) is 17.6 Å². The maximum Gasteiger partial charge on any atom is 0.346 e. The molecule has 0 saturated carbocycles. The number of benzene rings is 2. The molecule has 3 rings (SSSR count). The second-order valence-corrected chi connectivity index (χ2v) is 4.54. The lowest BCUT2D eigenvalue weighted by Crippen LogP contribution is -2.04. The average Bonchev–Trinajstić information content (AvgIpc) is 2.49. The molecule has 21 heavy (non-hydrogen) atoms. The van der Waals surface area contributed by atoms with Gasteiger partial charge >= 0.3 is 5.63 Å². The summed E-state index contributed by atoms with van der Waals surface area (Å²) in [6.07, 6.45) is 0. The molecular formula is C17H13FO3. The van der Waals surface area contributed by atoms with Crippen LogP contribution >= 0.6 is 0 Å². The number of hydrogen-bond acceptors (Lipinski definition) is 3. The molecule has 0 saturated heterocycles. The van der Waals surface area contributed by atoms with Gasteiger partial charge in [-0.25, -0.2) is 9.18 Å². The highest BCUT2D eigenvalue weighted by Crippen LogP contribution is 2.35. The Morgan fingerprint density at radius 3 is 2.38 bits per heavy atom. The zero-order valence-corrected chi connectivity index (χ0v) is 11.4. The van der Waals surface area contributed by atoms with Gasteiger partial charge in [0.2, 0.25) is 0 Å². The van der Waals surface area contributed by atoms with Crippen molar-refractivity contribution in [3.05, 3.63) is 64.8 Å². The number of rotatable bonds is 3.